The number of nitrogens with zero attached hydrogens (tertiary/aromatic N) is 2. The highest BCUT2D eigenvalue weighted by molar-refractivity contribution is 7.89. The Bertz CT molecular complexity index is 630. The molecule has 0 aromatic carbocycles. The molecular weight excluding hydrogens is 272 g/mol. The second-order valence-corrected chi connectivity index (χ2v) is 6.67. The average molecular weight is 286 g/mol. The smallest absolute Gasteiger partial charge is 0.258 e. The standard InChI is InChI=1S/C10H14N4O2S2/c1-3-8-4-12-9(17-8)5-13-18(15,16)10-6-11-7(2)14-10/h4,6,13H,3,5H2,1-2H3,(H,11,14). The lowest BCUT2D eigenvalue weighted by Crippen LogP contribution is -2.23. The molecule has 0 aliphatic rings. The number of nitrogens with one attached hydrogen (secondary N) is 2. The highest BCUT2D eigenvalue weighted by Gasteiger charge is 2.16. The number of aryl methyl sites for hydroxylation is 2. The van der Waals surface area contributed by atoms with Crippen LogP contribution in [-0.2, 0) is 23.0 Å². The molecule has 0 aliphatic heterocycles. The van der Waals surface area contributed by atoms with Gasteiger partial charge >= 0.3 is 0 Å². The van der Waals surface area contributed by atoms with Gasteiger partial charge in [-0.25, -0.2) is 23.1 Å². The molecule has 0 fully saturated rings. The van der Waals surface area contributed by atoms with Crippen molar-refractivity contribution in [1.29, 1.82) is 0 Å². The fourth-order valence-electron chi connectivity index (χ4n) is 1.36. The lowest BCUT2D eigenvalue weighted by Gasteiger charge is -2.01. The van der Waals surface area contributed by atoms with E-state index in [1.807, 2.05) is 6.92 Å². The van der Waals surface area contributed by atoms with Crippen LogP contribution in [0.2, 0.25) is 0 Å². The van der Waals surface area contributed by atoms with E-state index in [4.69, 9.17) is 0 Å². The van der Waals surface area contributed by atoms with Crippen LogP contribution in [0, 0.1) is 6.92 Å². The Balaban J connectivity index is 2.05. The van der Waals surface area contributed by atoms with Gasteiger partial charge in [0.05, 0.1) is 12.7 Å². The minimum atomic E-state index is -3.54. The summed E-state index contributed by atoms with van der Waals surface area (Å²) in [6.45, 7) is 3.94. The molecule has 0 saturated carbocycles. The summed E-state index contributed by atoms with van der Waals surface area (Å²) in [4.78, 5) is 11.9. The van der Waals surface area contributed by atoms with Gasteiger partial charge in [-0.3, -0.25) is 0 Å². The summed E-state index contributed by atoms with van der Waals surface area (Å²) < 4.78 is 26.3. The van der Waals surface area contributed by atoms with Crippen molar-refractivity contribution in [2.75, 3.05) is 0 Å². The Morgan fingerprint density at radius 1 is 1.39 bits per heavy atom. The van der Waals surface area contributed by atoms with Crippen LogP contribution in [0.4, 0.5) is 0 Å². The fraction of sp³-hybridized carbons (Fsp3) is 0.400. The number of aromatic nitrogens is 3. The molecule has 0 unspecified atom stereocenters. The van der Waals surface area contributed by atoms with E-state index in [9.17, 15) is 8.42 Å². The number of imidazole rings is 1. The van der Waals surface area contributed by atoms with Gasteiger partial charge in [0.2, 0.25) is 0 Å². The summed E-state index contributed by atoms with van der Waals surface area (Å²) >= 11 is 1.51. The zero-order valence-electron chi connectivity index (χ0n) is 10.1. The second-order valence-electron chi connectivity index (χ2n) is 3.73. The maximum atomic E-state index is 11.9. The van der Waals surface area contributed by atoms with Gasteiger partial charge in [-0.2, -0.15) is 0 Å². The molecule has 8 heteroatoms. The fourth-order valence-corrected chi connectivity index (χ4v) is 3.21. The van der Waals surface area contributed by atoms with E-state index < -0.39 is 10.0 Å². The first-order chi connectivity index (χ1) is 8.51. The maximum absolute atomic E-state index is 11.9. The minimum Gasteiger partial charge on any atom is -0.332 e. The van der Waals surface area contributed by atoms with Crippen molar-refractivity contribution < 1.29 is 8.42 Å². The molecule has 6 nitrogen and oxygen atoms in total. The second kappa shape index (κ2) is 5.17. The molecular formula is C10H14N4O2S2. The molecule has 2 aromatic rings. The predicted molar refractivity (Wildman–Crippen MR) is 68.8 cm³/mol. The van der Waals surface area contributed by atoms with Crippen molar-refractivity contribution in [1.82, 2.24) is 19.7 Å². The topological polar surface area (TPSA) is 87.7 Å². The molecule has 18 heavy (non-hydrogen) atoms. The van der Waals surface area contributed by atoms with E-state index in [0.717, 1.165) is 16.3 Å². The molecule has 0 radical (unpaired) electrons. The highest BCUT2D eigenvalue weighted by atomic mass is 32.2. The highest BCUT2D eigenvalue weighted by Crippen LogP contribution is 2.14. The van der Waals surface area contributed by atoms with Crippen LogP contribution >= 0.6 is 11.3 Å². The Hall–Kier alpha value is -1.25. The van der Waals surface area contributed by atoms with Crippen LogP contribution < -0.4 is 4.72 Å². The summed E-state index contributed by atoms with van der Waals surface area (Å²) in [6.07, 6.45) is 3.98. The third-order valence-electron chi connectivity index (χ3n) is 2.33. The third-order valence-corrected chi connectivity index (χ3v) is 4.78. The zero-order chi connectivity index (χ0) is 13.2. The summed E-state index contributed by atoms with van der Waals surface area (Å²) in [5.74, 6) is 0.567. The first-order valence-corrected chi connectivity index (χ1v) is 7.76. The van der Waals surface area contributed by atoms with Crippen LogP contribution in [0.5, 0.6) is 0 Å². The Morgan fingerprint density at radius 3 is 2.72 bits per heavy atom. The lowest BCUT2D eigenvalue weighted by atomic mass is 10.4. The van der Waals surface area contributed by atoms with Crippen LogP contribution in [0.15, 0.2) is 17.4 Å². The Kier molecular flexibility index (Phi) is 3.79. The van der Waals surface area contributed by atoms with Gasteiger partial charge in [-0.05, 0) is 13.3 Å². The molecule has 2 aromatic heterocycles. The molecule has 0 atom stereocenters. The molecule has 0 bridgehead atoms. The zero-order valence-corrected chi connectivity index (χ0v) is 11.7. The van der Waals surface area contributed by atoms with Gasteiger partial charge in [-0.15, -0.1) is 11.3 Å². The quantitative estimate of drug-likeness (QED) is 0.865. The van der Waals surface area contributed by atoms with Crippen molar-refractivity contribution in [3.63, 3.8) is 0 Å². The summed E-state index contributed by atoms with van der Waals surface area (Å²) in [6, 6.07) is 0. The number of sulfonamides is 1. The van der Waals surface area contributed by atoms with Crippen molar-refractivity contribution in [2.24, 2.45) is 0 Å². The number of rotatable bonds is 5. The van der Waals surface area contributed by atoms with Crippen LogP contribution in [-0.4, -0.2) is 23.4 Å². The SMILES string of the molecule is CCc1cnc(CNS(=O)(=O)c2cnc(C)[nH]2)s1. The van der Waals surface area contributed by atoms with Gasteiger partial charge in [0.25, 0.3) is 10.0 Å². The molecule has 0 aliphatic carbocycles. The van der Waals surface area contributed by atoms with Crippen molar-refractivity contribution >= 4 is 21.4 Å². The summed E-state index contributed by atoms with van der Waals surface area (Å²) in [7, 11) is -3.54. The van der Waals surface area contributed by atoms with Gasteiger partial charge < -0.3 is 4.98 Å². The van der Waals surface area contributed by atoms with Crippen LogP contribution in [0.1, 0.15) is 22.6 Å². The molecule has 2 rings (SSSR count). The number of thiazole rings is 1. The van der Waals surface area contributed by atoms with E-state index in [1.54, 1.807) is 13.1 Å². The Morgan fingerprint density at radius 2 is 2.17 bits per heavy atom. The number of aromatic amines is 1. The van der Waals surface area contributed by atoms with Crippen molar-refractivity contribution in [2.45, 2.75) is 31.8 Å². The first-order valence-electron chi connectivity index (χ1n) is 5.46. The monoisotopic (exact) mass is 286 g/mol. The number of hydrogen-bond acceptors (Lipinski definition) is 5. The normalized spacial score (nSPS) is 11.9. The summed E-state index contributed by atoms with van der Waals surface area (Å²) in [5, 5.41) is 0.832. The van der Waals surface area contributed by atoms with Crippen molar-refractivity contribution in [3.8, 4) is 0 Å². The molecule has 0 saturated heterocycles. The number of hydrogen-bond donors (Lipinski definition) is 2. The van der Waals surface area contributed by atoms with E-state index in [1.165, 1.54) is 17.5 Å². The van der Waals surface area contributed by atoms with Crippen molar-refractivity contribution in [3.05, 3.63) is 28.1 Å². The van der Waals surface area contributed by atoms with Gasteiger partial charge in [0, 0.05) is 11.1 Å². The molecule has 0 spiro atoms. The summed E-state index contributed by atoms with van der Waals surface area (Å²) in [5.41, 5.74) is 0. The maximum Gasteiger partial charge on any atom is 0.258 e. The largest absolute Gasteiger partial charge is 0.332 e. The average Bonchev–Trinajstić information content (AvgIpc) is 2.95. The van der Waals surface area contributed by atoms with Gasteiger partial charge in [0.1, 0.15) is 10.8 Å². The first kappa shape index (κ1) is 13.2. The van der Waals surface area contributed by atoms with Gasteiger partial charge in [0.15, 0.2) is 5.03 Å². The van der Waals surface area contributed by atoms with Gasteiger partial charge in [-0.1, -0.05) is 6.92 Å². The predicted octanol–water partition coefficient (Wildman–Crippen LogP) is 1.22. The minimum absolute atomic E-state index is 0.0762. The molecule has 98 valence electrons. The van der Waals surface area contributed by atoms with E-state index in [2.05, 4.69) is 19.7 Å². The van der Waals surface area contributed by atoms with Crippen LogP contribution in [0.3, 0.4) is 0 Å². The molecule has 2 N–H and O–H groups in total. The Labute approximate surface area is 110 Å². The number of H-pyrrole nitrogens is 1. The van der Waals surface area contributed by atoms with E-state index in [-0.39, 0.29) is 11.6 Å². The van der Waals surface area contributed by atoms with E-state index in [0.29, 0.717) is 5.82 Å². The molecule has 0 amide bonds. The van der Waals surface area contributed by atoms with E-state index >= 15 is 0 Å². The third kappa shape index (κ3) is 2.95. The lowest BCUT2D eigenvalue weighted by molar-refractivity contribution is 0.577. The van der Waals surface area contributed by atoms with Crippen LogP contribution in [0.25, 0.3) is 0 Å². The molecule has 2 heterocycles.